The van der Waals surface area contributed by atoms with Crippen molar-refractivity contribution in [1.82, 2.24) is 4.90 Å². The van der Waals surface area contributed by atoms with E-state index in [1.807, 2.05) is 12.3 Å². The number of rotatable bonds is 5. The molecule has 1 fully saturated rings. The lowest BCUT2D eigenvalue weighted by Crippen LogP contribution is -2.23. The van der Waals surface area contributed by atoms with Crippen LogP contribution >= 0.6 is 0 Å². The largest absolute Gasteiger partial charge is 0.474 e. The van der Waals surface area contributed by atoms with Gasteiger partial charge in [0, 0.05) is 25.1 Å². The van der Waals surface area contributed by atoms with Gasteiger partial charge in [-0.15, -0.1) is 0 Å². The Morgan fingerprint density at radius 3 is 3.17 bits per heavy atom. The zero-order chi connectivity index (χ0) is 20.1. The highest BCUT2D eigenvalue weighted by atomic mass is 16.7. The number of allylic oxidation sites excluding steroid dienone is 7. The van der Waals surface area contributed by atoms with E-state index >= 15 is 0 Å². The highest BCUT2D eigenvalue weighted by Crippen LogP contribution is 2.36. The fourth-order valence-electron chi connectivity index (χ4n) is 4.47. The Labute approximate surface area is 172 Å². The zero-order valence-electron chi connectivity index (χ0n) is 17.0. The van der Waals surface area contributed by atoms with E-state index in [0.29, 0.717) is 12.3 Å². The van der Waals surface area contributed by atoms with Gasteiger partial charge in [0.15, 0.2) is 6.79 Å². The molecule has 29 heavy (non-hydrogen) atoms. The van der Waals surface area contributed by atoms with E-state index in [9.17, 15) is 4.79 Å². The van der Waals surface area contributed by atoms with Crippen LogP contribution in [-0.2, 0) is 19.0 Å². The number of nitrogens with zero attached hydrogens (tertiary/aromatic N) is 1. The maximum atomic E-state index is 11.5. The molecule has 0 spiro atoms. The first kappa shape index (κ1) is 19.9. The molecule has 2 unspecified atom stereocenters. The summed E-state index contributed by atoms with van der Waals surface area (Å²) < 4.78 is 16.2. The van der Waals surface area contributed by atoms with Crippen molar-refractivity contribution in [2.75, 3.05) is 33.5 Å². The van der Waals surface area contributed by atoms with Crippen molar-refractivity contribution in [3.05, 3.63) is 71.1 Å². The molecule has 0 aromatic heterocycles. The van der Waals surface area contributed by atoms with E-state index in [1.54, 1.807) is 0 Å². The number of hydrogen-bond donors (Lipinski definition) is 0. The van der Waals surface area contributed by atoms with Gasteiger partial charge in [-0.05, 0) is 48.4 Å². The standard InChI is InChI=1S/C24H29NO4/c1-27-23(26)14-18-11-13-25(15-18)12-5-8-19-6-4-7-20-16-28-17-29-22-10-3-2-9-21(22)24(19)20/h2-4,7-10,16,18,22H,5-6,11-15,17H2,1H3. The van der Waals surface area contributed by atoms with Crippen molar-refractivity contribution in [3.8, 4) is 0 Å². The van der Waals surface area contributed by atoms with Gasteiger partial charge >= 0.3 is 5.97 Å². The molecule has 5 heteroatoms. The summed E-state index contributed by atoms with van der Waals surface area (Å²) in [5, 5.41) is 0. The Morgan fingerprint density at radius 1 is 1.34 bits per heavy atom. The van der Waals surface area contributed by atoms with E-state index in [4.69, 9.17) is 14.2 Å². The quantitative estimate of drug-likeness (QED) is 0.662. The Morgan fingerprint density at radius 2 is 2.28 bits per heavy atom. The molecule has 1 saturated heterocycles. The summed E-state index contributed by atoms with van der Waals surface area (Å²) in [6, 6.07) is 0. The number of likely N-dealkylation sites (tertiary alicyclic amines) is 1. The highest BCUT2D eigenvalue weighted by molar-refractivity contribution is 5.69. The minimum atomic E-state index is -0.0986. The zero-order valence-corrected chi connectivity index (χ0v) is 17.0. The molecule has 0 radical (unpaired) electrons. The minimum Gasteiger partial charge on any atom is -0.474 e. The van der Waals surface area contributed by atoms with E-state index in [0.717, 1.165) is 44.5 Å². The van der Waals surface area contributed by atoms with Crippen LogP contribution in [-0.4, -0.2) is 50.5 Å². The van der Waals surface area contributed by atoms with E-state index in [-0.39, 0.29) is 18.9 Å². The van der Waals surface area contributed by atoms with E-state index < -0.39 is 0 Å². The first-order chi connectivity index (χ1) is 14.2. The van der Waals surface area contributed by atoms with Gasteiger partial charge in [0.1, 0.15) is 6.10 Å². The molecule has 2 atom stereocenters. The second-order valence-electron chi connectivity index (χ2n) is 7.88. The highest BCUT2D eigenvalue weighted by Gasteiger charge is 2.26. The molecule has 0 saturated carbocycles. The van der Waals surface area contributed by atoms with Crippen LogP contribution in [0, 0.1) is 5.92 Å². The Hall–Kier alpha value is -2.37. The summed E-state index contributed by atoms with van der Waals surface area (Å²) in [4.78, 5) is 14.0. The van der Waals surface area contributed by atoms with Crippen LogP contribution < -0.4 is 0 Å². The van der Waals surface area contributed by atoms with E-state index in [1.165, 1.54) is 23.8 Å². The Balaban J connectivity index is 1.45. The fraction of sp³-hybridized carbons (Fsp3) is 0.458. The van der Waals surface area contributed by atoms with Gasteiger partial charge in [0.2, 0.25) is 0 Å². The lowest BCUT2D eigenvalue weighted by molar-refractivity contribution is -0.141. The normalized spacial score (nSPS) is 27.8. The molecule has 0 aromatic carbocycles. The third-order valence-corrected chi connectivity index (χ3v) is 5.93. The second-order valence-corrected chi connectivity index (χ2v) is 7.88. The summed E-state index contributed by atoms with van der Waals surface area (Å²) in [5.41, 5.74) is 4.89. The second kappa shape index (κ2) is 9.42. The van der Waals surface area contributed by atoms with Crippen LogP contribution in [0.5, 0.6) is 0 Å². The summed E-state index contributed by atoms with van der Waals surface area (Å²) >= 11 is 0. The molecule has 4 aliphatic rings. The Bertz CT molecular complexity index is 815. The van der Waals surface area contributed by atoms with E-state index in [2.05, 4.69) is 41.4 Å². The number of hydrogen-bond acceptors (Lipinski definition) is 5. The van der Waals surface area contributed by atoms with Crippen molar-refractivity contribution in [1.29, 1.82) is 0 Å². The average Bonchev–Trinajstić information content (AvgIpc) is 3.17. The third-order valence-electron chi connectivity index (χ3n) is 5.93. The summed E-state index contributed by atoms with van der Waals surface area (Å²) in [6.45, 7) is 3.31. The molecule has 0 N–H and O–H groups in total. The van der Waals surface area contributed by atoms with Crippen LogP contribution in [0.2, 0.25) is 0 Å². The van der Waals surface area contributed by atoms with Gasteiger partial charge in [-0.3, -0.25) is 4.79 Å². The predicted octanol–water partition coefficient (Wildman–Crippen LogP) is 3.83. The molecule has 0 bridgehead atoms. The molecule has 2 aliphatic carbocycles. The number of esters is 1. The SMILES string of the molecule is COC(=O)CC1CCN(CCC=C2CC=CC3=COCOC4C=CC=CC4=C32)C1. The Kier molecular flexibility index (Phi) is 6.47. The summed E-state index contributed by atoms with van der Waals surface area (Å²) in [7, 11) is 1.46. The van der Waals surface area contributed by atoms with Crippen LogP contribution in [0.4, 0.5) is 0 Å². The molecule has 154 valence electrons. The maximum Gasteiger partial charge on any atom is 0.305 e. The first-order valence-corrected chi connectivity index (χ1v) is 10.4. The van der Waals surface area contributed by atoms with Gasteiger partial charge in [-0.1, -0.05) is 42.5 Å². The maximum absolute atomic E-state index is 11.5. The molecule has 5 nitrogen and oxygen atoms in total. The predicted molar refractivity (Wildman–Crippen MR) is 112 cm³/mol. The van der Waals surface area contributed by atoms with Crippen molar-refractivity contribution >= 4 is 5.97 Å². The topological polar surface area (TPSA) is 48.0 Å². The van der Waals surface area contributed by atoms with Crippen LogP contribution in [0.25, 0.3) is 0 Å². The smallest absolute Gasteiger partial charge is 0.305 e. The van der Waals surface area contributed by atoms with Gasteiger partial charge in [-0.25, -0.2) is 0 Å². The van der Waals surface area contributed by atoms with Crippen LogP contribution in [0.3, 0.4) is 0 Å². The number of ether oxygens (including phenoxy) is 3. The summed E-state index contributed by atoms with van der Waals surface area (Å²) in [6.07, 6.45) is 20.3. The molecular formula is C24H29NO4. The third kappa shape index (κ3) is 4.80. The average molecular weight is 395 g/mol. The van der Waals surface area contributed by atoms with Gasteiger partial charge < -0.3 is 19.1 Å². The first-order valence-electron chi connectivity index (χ1n) is 10.4. The lowest BCUT2D eigenvalue weighted by atomic mass is 9.83. The van der Waals surface area contributed by atoms with Crippen molar-refractivity contribution in [2.24, 2.45) is 5.92 Å². The summed E-state index contributed by atoms with van der Waals surface area (Å²) in [5.74, 6) is 0.325. The molecule has 2 aliphatic heterocycles. The van der Waals surface area contributed by atoms with Crippen molar-refractivity contribution in [3.63, 3.8) is 0 Å². The number of carbonyl (C=O) groups excluding carboxylic acids is 1. The van der Waals surface area contributed by atoms with Gasteiger partial charge in [-0.2, -0.15) is 0 Å². The molecule has 2 heterocycles. The number of methoxy groups -OCH3 is 1. The molecule has 4 rings (SSSR count). The van der Waals surface area contributed by atoms with Crippen molar-refractivity contribution in [2.45, 2.75) is 31.8 Å². The number of carbonyl (C=O) groups is 1. The molecule has 0 amide bonds. The van der Waals surface area contributed by atoms with Crippen LogP contribution in [0.15, 0.2) is 71.1 Å². The van der Waals surface area contributed by atoms with Gasteiger partial charge in [0.05, 0.1) is 13.4 Å². The van der Waals surface area contributed by atoms with Gasteiger partial charge in [0.25, 0.3) is 0 Å². The number of fused-ring (bicyclic) bond motifs is 2. The lowest BCUT2D eigenvalue weighted by Gasteiger charge is -2.28. The van der Waals surface area contributed by atoms with Crippen LogP contribution in [0.1, 0.15) is 25.7 Å². The molecule has 0 aromatic rings. The monoisotopic (exact) mass is 395 g/mol. The molecular weight excluding hydrogens is 366 g/mol. The fourth-order valence-corrected chi connectivity index (χ4v) is 4.47. The minimum absolute atomic E-state index is 0.0636. The van der Waals surface area contributed by atoms with Crippen molar-refractivity contribution < 1.29 is 19.0 Å².